The molecule has 2 N–H and O–H groups in total. The number of amides is 1. The molecule has 1 atom stereocenters. The first-order valence-electron chi connectivity index (χ1n) is 7.07. The summed E-state index contributed by atoms with van der Waals surface area (Å²) in [6.45, 7) is 0.206. The molecular formula is C17H18BrNO4. The summed E-state index contributed by atoms with van der Waals surface area (Å²) < 4.78 is 11.4. The smallest absolute Gasteiger partial charge is 0.251 e. The fraction of sp³-hybridized carbons (Fsp3) is 0.235. The molecule has 2 aromatic carbocycles. The average Bonchev–Trinajstić information content (AvgIpc) is 2.59. The van der Waals surface area contributed by atoms with Crippen LogP contribution in [0.25, 0.3) is 0 Å². The van der Waals surface area contributed by atoms with Crippen molar-refractivity contribution in [3.05, 3.63) is 58.6 Å². The Balaban J connectivity index is 1.74. The SMILES string of the molecule is COc1ccc(OC[C@H](O)CNC(=O)c2ccc(Br)cc2)cc1. The van der Waals surface area contributed by atoms with E-state index in [9.17, 15) is 9.90 Å². The molecule has 0 aromatic heterocycles. The normalized spacial score (nSPS) is 11.6. The lowest BCUT2D eigenvalue weighted by atomic mass is 10.2. The maximum Gasteiger partial charge on any atom is 0.251 e. The minimum Gasteiger partial charge on any atom is -0.497 e. The monoisotopic (exact) mass is 379 g/mol. The second kappa shape index (κ2) is 8.55. The summed E-state index contributed by atoms with van der Waals surface area (Å²) in [5.41, 5.74) is 0.538. The van der Waals surface area contributed by atoms with Crippen LogP contribution in [-0.2, 0) is 0 Å². The fourth-order valence-corrected chi connectivity index (χ4v) is 2.10. The predicted octanol–water partition coefficient (Wildman–Crippen LogP) is 2.63. The van der Waals surface area contributed by atoms with Crippen LogP contribution in [-0.4, -0.2) is 37.4 Å². The van der Waals surface area contributed by atoms with Crippen molar-refractivity contribution in [2.45, 2.75) is 6.10 Å². The van der Waals surface area contributed by atoms with Crippen molar-refractivity contribution >= 4 is 21.8 Å². The van der Waals surface area contributed by atoms with Gasteiger partial charge in [0.25, 0.3) is 5.91 Å². The molecule has 0 aliphatic carbocycles. The lowest BCUT2D eigenvalue weighted by molar-refractivity contribution is 0.0843. The van der Waals surface area contributed by atoms with E-state index >= 15 is 0 Å². The number of halogens is 1. The van der Waals surface area contributed by atoms with Crippen LogP contribution < -0.4 is 14.8 Å². The third-order valence-electron chi connectivity index (χ3n) is 3.11. The van der Waals surface area contributed by atoms with Crippen LogP contribution in [0.3, 0.4) is 0 Å². The molecular weight excluding hydrogens is 362 g/mol. The van der Waals surface area contributed by atoms with Gasteiger partial charge in [0.05, 0.1) is 7.11 Å². The highest BCUT2D eigenvalue weighted by atomic mass is 79.9. The van der Waals surface area contributed by atoms with Gasteiger partial charge in [-0.15, -0.1) is 0 Å². The second-order valence-electron chi connectivity index (χ2n) is 4.86. The van der Waals surface area contributed by atoms with Gasteiger partial charge in [0.1, 0.15) is 24.2 Å². The third kappa shape index (κ3) is 5.58. The zero-order valence-corrected chi connectivity index (χ0v) is 14.2. The Morgan fingerprint density at radius 1 is 1.13 bits per heavy atom. The number of methoxy groups -OCH3 is 1. The van der Waals surface area contributed by atoms with Gasteiger partial charge >= 0.3 is 0 Å². The summed E-state index contributed by atoms with van der Waals surface area (Å²) in [5, 5.41) is 12.5. The zero-order valence-electron chi connectivity index (χ0n) is 12.7. The quantitative estimate of drug-likeness (QED) is 0.775. The Morgan fingerprint density at radius 3 is 2.35 bits per heavy atom. The van der Waals surface area contributed by atoms with Gasteiger partial charge in [0, 0.05) is 16.6 Å². The Bertz CT molecular complexity index is 628. The number of benzene rings is 2. The molecule has 0 saturated carbocycles. The largest absolute Gasteiger partial charge is 0.497 e. The molecule has 0 aliphatic heterocycles. The molecule has 122 valence electrons. The van der Waals surface area contributed by atoms with E-state index in [0.717, 1.165) is 10.2 Å². The van der Waals surface area contributed by atoms with Crippen molar-refractivity contribution in [3.8, 4) is 11.5 Å². The summed E-state index contributed by atoms with van der Waals surface area (Å²) in [6.07, 6.45) is -0.795. The topological polar surface area (TPSA) is 67.8 Å². The van der Waals surface area contributed by atoms with Gasteiger partial charge in [-0.2, -0.15) is 0 Å². The zero-order chi connectivity index (χ0) is 16.7. The fourth-order valence-electron chi connectivity index (χ4n) is 1.84. The number of carbonyl (C=O) groups is 1. The molecule has 6 heteroatoms. The van der Waals surface area contributed by atoms with E-state index < -0.39 is 6.10 Å². The first kappa shape index (κ1) is 17.3. The molecule has 1 amide bonds. The lowest BCUT2D eigenvalue weighted by Crippen LogP contribution is -2.35. The molecule has 0 fully saturated rings. The number of nitrogens with one attached hydrogen (secondary N) is 1. The van der Waals surface area contributed by atoms with Gasteiger partial charge in [0.2, 0.25) is 0 Å². The molecule has 0 heterocycles. The number of hydrogen-bond donors (Lipinski definition) is 2. The van der Waals surface area contributed by atoms with E-state index in [1.54, 1.807) is 55.6 Å². The standard InChI is InChI=1S/C17H18BrNO4/c1-22-15-6-8-16(9-7-15)23-11-14(20)10-19-17(21)12-2-4-13(18)5-3-12/h2-9,14,20H,10-11H2,1H3,(H,19,21)/t14-/m1/s1. The van der Waals surface area contributed by atoms with E-state index in [1.807, 2.05) is 0 Å². The Labute approximate surface area is 143 Å². The van der Waals surface area contributed by atoms with Crippen molar-refractivity contribution in [1.29, 1.82) is 0 Å². The van der Waals surface area contributed by atoms with Crippen molar-refractivity contribution < 1.29 is 19.4 Å². The summed E-state index contributed by atoms with van der Waals surface area (Å²) in [5.74, 6) is 1.13. The number of hydrogen-bond acceptors (Lipinski definition) is 4. The molecule has 0 spiro atoms. The van der Waals surface area contributed by atoms with Crippen molar-refractivity contribution in [2.75, 3.05) is 20.3 Å². The van der Waals surface area contributed by atoms with E-state index in [2.05, 4.69) is 21.2 Å². The van der Waals surface area contributed by atoms with Gasteiger partial charge in [-0.3, -0.25) is 4.79 Å². The maximum absolute atomic E-state index is 11.9. The minimum absolute atomic E-state index is 0.0902. The minimum atomic E-state index is -0.795. The van der Waals surface area contributed by atoms with Crippen molar-refractivity contribution in [3.63, 3.8) is 0 Å². The van der Waals surface area contributed by atoms with Gasteiger partial charge in [0.15, 0.2) is 0 Å². The molecule has 0 radical (unpaired) electrons. The summed E-state index contributed by atoms with van der Waals surface area (Å²) in [6, 6.07) is 14.1. The third-order valence-corrected chi connectivity index (χ3v) is 3.64. The highest BCUT2D eigenvalue weighted by molar-refractivity contribution is 9.10. The first-order valence-corrected chi connectivity index (χ1v) is 7.86. The summed E-state index contributed by atoms with van der Waals surface area (Å²) in [7, 11) is 1.59. The number of aliphatic hydroxyl groups excluding tert-OH is 1. The number of carbonyl (C=O) groups excluding carboxylic acids is 1. The van der Waals surface area contributed by atoms with Crippen LogP contribution >= 0.6 is 15.9 Å². The van der Waals surface area contributed by atoms with Crippen LogP contribution in [0.5, 0.6) is 11.5 Å². The first-order chi connectivity index (χ1) is 11.1. The van der Waals surface area contributed by atoms with E-state index in [1.165, 1.54) is 0 Å². The van der Waals surface area contributed by atoms with E-state index in [-0.39, 0.29) is 19.1 Å². The highest BCUT2D eigenvalue weighted by Gasteiger charge is 2.10. The lowest BCUT2D eigenvalue weighted by Gasteiger charge is -2.13. The van der Waals surface area contributed by atoms with E-state index in [0.29, 0.717) is 11.3 Å². The van der Waals surface area contributed by atoms with Crippen LogP contribution in [0.1, 0.15) is 10.4 Å². The second-order valence-corrected chi connectivity index (χ2v) is 5.77. The Hall–Kier alpha value is -2.05. The Morgan fingerprint density at radius 2 is 1.74 bits per heavy atom. The van der Waals surface area contributed by atoms with Crippen molar-refractivity contribution in [1.82, 2.24) is 5.32 Å². The summed E-state index contributed by atoms with van der Waals surface area (Å²) >= 11 is 3.31. The van der Waals surface area contributed by atoms with Gasteiger partial charge in [-0.25, -0.2) is 0 Å². The molecule has 0 aliphatic rings. The molecule has 0 saturated heterocycles. The predicted molar refractivity (Wildman–Crippen MR) is 91.0 cm³/mol. The Kier molecular flexibility index (Phi) is 6.43. The van der Waals surface area contributed by atoms with Crippen molar-refractivity contribution in [2.24, 2.45) is 0 Å². The van der Waals surface area contributed by atoms with Gasteiger partial charge in [-0.1, -0.05) is 15.9 Å². The maximum atomic E-state index is 11.9. The van der Waals surface area contributed by atoms with Crippen LogP contribution in [0.15, 0.2) is 53.0 Å². The van der Waals surface area contributed by atoms with Crippen LogP contribution in [0, 0.1) is 0 Å². The average molecular weight is 380 g/mol. The highest BCUT2D eigenvalue weighted by Crippen LogP contribution is 2.17. The number of ether oxygens (including phenoxy) is 2. The van der Waals surface area contributed by atoms with Gasteiger partial charge < -0.3 is 19.9 Å². The number of aliphatic hydroxyl groups is 1. The molecule has 5 nitrogen and oxygen atoms in total. The van der Waals surface area contributed by atoms with E-state index in [4.69, 9.17) is 9.47 Å². The van der Waals surface area contributed by atoms with Crippen LogP contribution in [0.2, 0.25) is 0 Å². The molecule has 0 bridgehead atoms. The van der Waals surface area contributed by atoms with Crippen LogP contribution in [0.4, 0.5) is 0 Å². The van der Waals surface area contributed by atoms with Gasteiger partial charge in [-0.05, 0) is 48.5 Å². The molecule has 2 rings (SSSR count). The number of rotatable bonds is 7. The molecule has 0 unspecified atom stereocenters. The summed E-state index contributed by atoms with van der Waals surface area (Å²) in [4.78, 5) is 11.9. The molecule has 23 heavy (non-hydrogen) atoms. The molecule has 2 aromatic rings.